The van der Waals surface area contributed by atoms with Crippen molar-refractivity contribution in [1.29, 1.82) is 5.26 Å². The third kappa shape index (κ3) is 5.33. The van der Waals surface area contributed by atoms with E-state index >= 15 is 0 Å². The number of aromatic nitrogens is 2. The number of carbonyl (C=O) groups is 1. The van der Waals surface area contributed by atoms with E-state index in [-0.39, 0.29) is 11.9 Å². The maximum Gasteiger partial charge on any atom is 0.246 e. The molecular weight excluding hydrogens is 524 g/mol. The monoisotopic (exact) mass is 568 g/mol. The molecule has 0 spiro atoms. The molecule has 9 nitrogen and oxygen atoms in total. The first-order chi connectivity index (χ1) is 20.5. The zero-order valence-corrected chi connectivity index (χ0v) is 25.2. The van der Waals surface area contributed by atoms with E-state index in [1.807, 2.05) is 0 Å². The van der Waals surface area contributed by atoms with Crippen molar-refractivity contribution in [2.45, 2.75) is 70.5 Å². The number of nitrogens with zero attached hydrogens (tertiary/aromatic N) is 8. The lowest BCUT2D eigenvalue weighted by Crippen LogP contribution is -2.60. The topological polar surface area (TPSA) is 82.8 Å². The van der Waals surface area contributed by atoms with Gasteiger partial charge in [0.25, 0.3) is 0 Å². The zero-order chi connectivity index (χ0) is 29.2. The van der Waals surface area contributed by atoms with Crippen LogP contribution < -0.4 is 14.7 Å². The smallest absolute Gasteiger partial charge is 0.246 e. The van der Waals surface area contributed by atoms with Gasteiger partial charge in [0, 0.05) is 69.0 Å². The van der Waals surface area contributed by atoms with Gasteiger partial charge in [-0.15, -0.1) is 0 Å². The molecule has 2 aromatic rings. The minimum Gasteiger partial charge on any atom is -0.368 e. The number of amides is 1. The highest BCUT2D eigenvalue weighted by molar-refractivity contribution is 5.87. The summed E-state index contributed by atoms with van der Waals surface area (Å²) in [5, 5.41) is 9.56. The maximum atomic E-state index is 12.6. The van der Waals surface area contributed by atoms with Crippen molar-refractivity contribution in [2.24, 2.45) is 0 Å². The second-order valence-corrected chi connectivity index (χ2v) is 12.1. The van der Waals surface area contributed by atoms with Crippen LogP contribution in [0, 0.1) is 11.3 Å². The van der Waals surface area contributed by atoms with Crippen molar-refractivity contribution in [1.82, 2.24) is 19.8 Å². The minimum absolute atomic E-state index is 0.104. The van der Waals surface area contributed by atoms with Gasteiger partial charge in [0.2, 0.25) is 11.9 Å². The normalized spacial score (nSPS) is 22.3. The number of para-hydroxylation sites is 1. The van der Waals surface area contributed by atoms with Crippen molar-refractivity contribution in [3.05, 3.63) is 53.7 Å². The third-order valence-corrected chi connectivity index (χ3v) is 9.84. The molecule has 1 amide bonds. The molecule has 2 saturated heterocycles. The molecule has 42 heavy (non-hydrogen) atoms. The van der Waals surface area contributed by atoms with Crippen molar-refractivity contribution in [2.75, 3.05) is 67.1 Å². The van der Waals surface area contributed by atoms with Gasteiger partial charge in [-0.3, -0.25) is 9.69 Å². The number of aryl methyl sites for hydroxylation is 1. The number of carbonyl (C=O) groups excluding carboxylic acids is 1. The van der Waals surface area contributed by atoms with Gasteiger partial charge in [-0.25, -0.2) is 4.98 Å². The Bertz CT molecular complexity index is 1340. The quantitative estimate of drug-likeness (QED) is 0.448. The van der Waals surface area contributed by atoms with Gasteiger partial charge in [-0.2, -0.15) is 10.2 Å². The molecule has 0 radical (unpaired) electrons. The number of hydrogen-bond acceptors (Lipinski definition) is 8. The summed E-state index contributed by atoms with van der Waals surface area (Å²) in [6, 6.07) is 12.0. The van der Waals surface area contributed by atoms with Crippen LogP contribution in [0.1, 0.15) is 49.9 Å². The van der Waals surface area contributed by atoms with E-state index in [4.69, 9.17) is 9.97 Å². The Morgan fingerprint density at radius 3 is 2.67 bits per heavy atom. The molecule has 4 heterocycles. The van der Waals surface area contributed by atoms with Crippen LogP contribution in [0.25, 0.3) is 0 Å². The molecule has 4 aliphatic rings. The Morgan fingerprint density at radius 1 is 1.10 bits per heavy atom. The number of nitriles is 1. The van der Waals surface area contributed by atoms with Gasteiger partial charge >= 0.3 is 0 Å². The number of hydrogen-bond donors (Lipinski definition) is 0. The fourth-order valence-corrected chi connectivity index (χ4v) is 7.50. The van der Waals surface area contributed by atoms with Crippen molar-refractivity contribution in [3.8, 4) is 6.07 Å². The van der Waals surface area contributed by atoms with Crippen LogP contribution in [-0.4, -0.2) is 96.2 Å². The predicted molar refractivity (Wildman–Crippen MR) is 167 cm³/mol. The van der Waals surface area contributed by atoms with Crippen LogP contribution >= 0.6 is 0 Å². The van der Waals surface area contributed by atoms with E-state index in [9.17, 15) is 10.1 Å². The van der Waals surface area contributed by atoms with Crippen LogP contribution in [0.5, 0.6) is 0 Å². The summed E-state index contributed by atoms with van der Waals surface area (Å²) in [5.41, 5.74) is 5.26. The summed E-state index contributed by atoms with van der Waals surface area (Å²) in [6.07, 6.45) is 6.92. The fourth-order valence-electron chi connectivity index (χ4n) is 7.50. The average Bonchev–Trinajstić information content (AvgIpc) is 3.01. The largest absolute Gasteiger partial charge is 0.368 e. The van der Waals surface area contributed by atoms with Crippen LogP contribution in [0.4, 0.5) is 17.5 Å². The highest BCUT2D eigenvalue weighted by Gasteiger charge is 2.37. The summed E-state index contributed by atoms with van der Waals surface area (Å²) in [5.74, 6) is 1.73. The molecular formula is C33H44N8O. The lowest BCUT2D eigenvalue weighted by atomic mass is 9.88. The molecule has 1 aromatic heterocycles. The lowest BCUT2D eigenvalue weighted by molar-refractivity contribution is -0.128. The molecule has 9 heteroatoms. The molecule has 2 atom stereocenters. The lowest BCUT2D eigenvalue weighted by Gasteiger charge is -2.46. The van der Waals surface area contributed by atoms with Gasteiger partial charge in [0.05, 0.1) is 24.2 Å². The number of piperazine rings is 1. The highest BCUT2D eigenvalue weighted by atomic mass is 16.2. The first-order valence-corrected chi connectivity index (χ1v) is 15.8. The number of rotatable bonds is 8. The van der Waals surface area contributed by atoms with Gasteiger partial charge in [0.1, 0.15) is 5.82 Å². The third-order valence-electron chi connectivity index (χ3n) is 9.84. The second-order valence-electron chi connectivity index (χ2n) is 12.1. The predicted octanol–water partition coefficient (Wildman–Crippen LogP) is 3.43. The van der Waals surface area contributed by atoms with E-state index in [0.717, 1.165) is 70.2 Å². The van der Waals surface area contributed by atoms with E-state index < -0.39 is 0 Å². The van der Waals surface area contributed by atoms with Crippen LogP contribution in [0.2, 0.25) is 0 Å². The number of likely N-dealkylation sites (N-methyl/N-ethyl adjacent to an activating group) is 1. The van der Waals surface area contributed by atoms with Crippen molar-refractivity contribution in [3.63, 3.8) is 0 Å². The number of fused-ring (bicyclic) bond motifs is 2. The summed E-state index contributed by atoms with van der Waals surface area (Å²) in [6.45, 7) is 15.1. The van der Waals surface area contributed by atoms with E-state index in [2.05, 4.69) is 70.4 Å². The van der Waals surface area contributed by atoms with E-state index in [1.165, 1.54) is 35.0 Å². The van der Waals surface area contributed by atoms with Crippen LogP contribution in [0.3, 0.4) is 0 Å². The van der Waals surface area contributed by atoms with Gasteiger partial charge < -0.3 is 19.6 Å². The summed E-state index contributed by atoms with van der Waals surface area (Å²) in [4.78, 5) is 34.7. The Kier molecular flexibility index (Phi) is 8.34. The molecule has 222 valence electrons. The zero-order valence-electron chi connectivity index (χ0n) is 25.2. The Morgan fingerprint density at radius 2 is 1.90 bits per heavy atom. The van der Waals surface area contributed by atoms with Gasteiger partial charge in [-0.05, 0) is 56.5 Å². The Balaban J connectivity index is 1.31. The minimum atomic E-state index is -0.180. The second kappa shape index (κ2) is 12.3. The molecule has 3 aliphatic heterocycles. The van der Waals surface area contributed by atoms with Crippen molar-refractivity contribution >= 4 is 23.4 Å². The first-order valence-electron chi connectivity index (χ1n) is 15.8. The molecule has 2 unspecified atom stereocenters. The molecule has 1 aliphatic carbocycles. The van der Waals surface area contributed by atoms with E-state index in [0.29, 0.717) is 38.1 Å². The Labute approximate surface area is 250 Å². The first kappa shape index (κ1) is 28.5. The van der Waals surface area contributed by atoms with Gasteiger partial charge in [0.15, 0.2) is 0 Å². The number of anilines is 3. The SMILES string of the molecule is C=CC(=O)N1CCN(c2nc(N3CC(N(CC)CC)C3)nc3c2CCC(N2CCCc4ccccc42)C3)CC1CC#N. The molecule has 2 fully saturated rings. The standard InChI is InChI=1S/C33H44N8O/c1-4-31(42)41-19-18-38(21-26(41)15-16-34)32-28-14-13-25(40-17-9-11-24-10-7-8-12-30(24)40)20-29(28)35-33(36-32)39-22-27(23-39)37(5-2)6-3/h4,7-8,10,12,25-27H,1,5-6,9,11,13-15,17-23H2,2-3H3. The molecule has 6 rings (SSSR count). The Hall–Kier alpha value is -3.64. The van der Waals surface area contributed by atoms with E-state index in [1.54, 1.807) is 4.90 Å². The molecule has 0 N–H and O–H groups in total. The fraction of sp³-hybridized carbons (Fsp3) is 0.576. The summed E-state index contributed by atoms with van der Waals surface area (Å²) in [7, 11) is 0. The van der Waals surface area contributed by atoms with Gasteiger partial charge in [-0.1, -0.05) is 38.6 Å². The van der Waals surface area contributed by atoms with Crippen LogP contribution in [-0.2, 0) is 24.1 Å². The molecule has 0 saturated carbocycles. The summed E-state index contributed by atoms with van der Waals surface area (Å²) >= 11 is 0. The molecule has 1 aromatic carbocycles. The highest BCUT2D eigenvalue weighted by Crippen LogP contribution is 2.37. The van der Waals surface area contributed by atoms with Crippen molar-refractivity contribution < 1.29 is 4.79 Å². The maximum absolute atomic E-state index is 12.6. The summed E-state index contributed by atoms with van der Waals surface area (Å²) < 4.78 is 0. The number of benzene rings is 1. The molecule has 0 bridgehead atoms. The van der Waals surface area contributed by atoms with Crippen LogP contribution in [0.15, 0.2) is 36.9 Å². The average molecular weight is 569 g/mol.